The van der Waals surface area contributed by atoms with Gasteiger partial charge in [0.05, 0.1) is 12.6 Å². The topological polar surface area (TPSA) is 47.6 Å². The lowest BCUT2D eigenvalue weighted by molar-refractivity contribution is -0.325. The maximum absolute atomic E-state index is 11.7. The fourth-order valence-corrected chi connectivity index (χ4v) is 0.770. The number of rotatable bonds is 3. The largest absolute Gasteiger partial charge is 0.522 e. The van der Waals surface area contributed by atoms with Gasteiger partial charge in [0.1, 0.15) is 5.60 Å². The third-order valence-electron chi connectivity index (χ3n) is 1.26. The van der Waals surface area contributed by atoms with Crippen LogP contribution in [0.25, 0.3) is 0 Å². The van der Waals surface area contributed by atoms with Gasteiger partial charge >= 0.3 is 12.5 Å². The maximum atomic E-state index is 11.7. The highest BCUT2D eigenvalue weighted by atomic mass is 19.4. The van der Waals surface area contributed by atoms with E-state index in [-0.39, 0.29) is 0 Å². The van der Waals surface area contributed by atoms with E-state index in [1.54, 1.807) is 20.8 Å². The summed E-state index contributed by atoms with van der Waals surface area (Å²) in [4.78, 5) is 11.1. The van der Waals surface area contributed by atoms with Crippen LogP contribution in [-0.2, 0) is 9.47 Å². The summed E-state index contributed by atoms with van der Waals surface area (Å²) in [5.74, 6) is 0. The Morgan fingerprint density at radius 3 is 2.19 bits per heavy atom. The lowest BCUT2D eigenvalue weighted by Gasteiger charge is -2.22. The third kappa shape index (κ3) is 9.57. The molecule has 0 saturated carbocycles. The number of alkyl halides is 3. The second-order valence-electron chi connectivity index (χ2n) is 4.30. The Kier molecular flexibility index (Phi) is 5.05. The van der Waals surface area contributed by atoms with Gasteiger partial charge in [-0.25, -0.2) is 4.79 Å². The van der Waals surface area contributed by atoms with Gasteiger partial charge in [0.2, 0.25) is 0 Å². The van der Waals surface area contributed by atoms with Crippen molar-refractivity contribution in [1.29, 1.82) is 0 Å². The molecule has 1 N–H and O–H groups in total. The van der Waals surface area contributed by atoms with Crippen molar-refractivity contribution in [3.05, 3.63) is 0 Å². The molecule has 96 valence electrons. The standard InChI is InChI=1S/C9H16F3NO3/c1-6(5-15-9(10,11)12)13-7(14)16-8(2,3)4/h6H,5H2,1-4H3,(H,13,14)/t6-/m1/s1. The van der Waals surface area contributed by atoms with Crippen LogP contribution in [0.2, 0.25) is 0 Å². The predicted octanol–water partition coefficient (Wildman–Crippen LogP) is 2.44. The summed E-state index contributed by atoms with van der Waals surface area (Å²) in [6.07, 6.45) is -5.46. The Labute approximate surface area is 92.1 Å². The molecule has 4 nitrogen and oxygen atoms in total. The summed E-state index contributed by atoms with van der Waals surface area (Å²) in [7, 11) is 0. The molecule has 0 rings (SSSR count). The molecule has 7 heteroatoms. The van der Waals surface area contributed by atoms with Gasteiger partial charge in [0, 0.05) is 0 Å². The first-order valence-electron chi connectivity index (χ1n) is 4.70. The average molecular weight is 243 g/mol. The molecular formula is C9H16F3NO3. The highest BCUT2D eigenvalue weighted by Crippen LogP contribution is 2.16. The molecule has 0 aliphatic carbocycles. The van der Waals surface area contributed by atoms with E-state index in [0.717, 1.165) is 0 Å². The van der Waals surface area contributed by atoms with Crippen molar-refractivity contribution in [2.75, 3.05) is 6.61 Å². The van der Waals surface area contributed by atoms with Crippen LogP contribution in [0.4, 0.5) is 18.0 Å². The van der Waals surface area contributed by atoms with Crippen molar-refractivity contribution < 1.29 is 27.4 Å². The van der Waals surface area contributed by atoms with E-state index in [0.29, 0.717) is 0 Å². The molecule has 0 aromatic carbocycles. The number of carbonyl (C=O) groups excluding carboxylic acids is 1. The smallest absolute Gasteiger partial charge is 0.444 e. The second kappa shape index (κ2) is 5.38. The Hall–Kier alpha value is -0.980. The van der Waals surface area contributed by atoms with E-state index in [9.17, 15) is 18.0 Å². The number of nitrogens with one attached hydrogen (secondary N) is 1. The molecule has 1 atom stereocenters. The second-order valence-corrected chi connectivity index (χ2v) is 4.30. The van der Waals surface area contributed by atoms with E-state index < -0.39 is 30.7 Å². The molecule has 16 heavy (non-hydrogen) atoms. The van der Waals surface area contributed by atoms with E-state index in [4.69, 9.17) is 4.74 Å². The molecule has 0 aromatic rings. The fourth-order valence-electron chi connectivity index (χ4n) is 0.770. The van der Waals surface area contributed by atoms with Crippen molar-refractivity contribution in [1.82, 2.24) is 5.32 Å². The molecule has 0 radical (unpaired) electrons. The van der Waals surface area contributed by atoms with Crippen molar-refractivity contribution >= 4 is 6.09 Å². The van der Waals surface area contributed by atoms with E-state index in [1.165, 1.54) is 6.92 Å². The van der Waals surface area contributed by atoms with Crippen LogP contribution in [0.5, 0.6) is 0 Å². The van der Waals surface area contributed by atoms with Gasteiger partial charge in [-0.2, -0.15) is 0 Å². The quantitative estimate of drug-likeness (QED) is 0.828. The third-order valence-corrected chi connectivity index (χ3v) is 1.26. The zero-order valence-corrected chi connectivity index (χ0v) is 9.64. The number of hydrogen-bond donors (Lipinski definition) is 1. The Morgan fingerprint density at radius 1 is 1.31 bits per heavy atom. The Morgan fingerprint density at radius 2 is 1.81 bits per heavy atom. The zero-order chi connectivity index (χ0) is 13.0. The van der Waals surface area contributed by atoms with Crippen molar-refractivity contribution in [3.63, 3.8) is 0 Å². The molecule has 0 aromatic heterocycles. The minimum atomic E-state index is -4.69. The summed E-state index contributed by atoms with van der Waals surface area (Å²) >= 11 is 0. The number of hydrogen-bond acceptors (Lipinski definition) is 3. The summed E-state index contributed by atoms with van der Waals surface area (Å²) in [5, 5.41) is 2.22. The van der Waals surface area contributed by atoms with Crippen LogP contribution in [0.3, 0.4) is 0 Å². The van der Waals surface area contributed by atoms with Crippen molar-refractivity contribution in [3.8, 4) is 0 Å². The number of alkyl carbamates (subject to hydrolysis) is 1. The van der Waals surface area contributed by atoms with Crippen molar-refractivity contribution in [2.24, 2.45) is 0 Å². The Bertz CT molecular complexity index is 235. The maximum Gasteiger partial charge on any atom is 0.522 e. The van der Waals surface area contributed by atoms with E-state index in [1.807, 2.05) is 0 Å². The summed E-state index contributed by atoms with van der Waals surface area (Å²) in [6.45, 7) is 5.70. The van der Waals surface area contributed by atoms with Crippen LogP contribution in [0, 0.1) is 0 Å². The monoisotopic (exact) mass is 243 g/mol. The number of carbonyl (C=O) groups is 1. The molecule has 0 unspecified atom stereocenters. The van der Waals surface area contributed by atoms with Gasteiger partial charge in [-0.05, 0) is 27.7 Å². The molecule has 0 heterocycles. The lowest BCUT2D eigenvalue weighted by Crippen LogP contribution is -2.40. The first kappa shape index (κ1) is 15.0. The van der Waals surface area contributed by atoms with Crippen LogP contribution >= 0.6 is 0 Å². The highest BCUT2D eigenvalue weighted by Gasteiger charge is 2.30. The van der Waals surface area contributed by atoms with E-state index in [2.05, 4.69) is 10.1 Å². The summed E-state index contributed by atoms with van der Waals surface area (Å²) < 4.78 is 43.4. The van der Waals surface area contributed by atoms with Crippen LogP contribution < -0.4 is 5.32 Å². The van der Waals surface area contributed by atoms with Gasteiger partial charge in [-0.1, -0.05) is 0 Å². The number of ether oxygens (including phenoxy) is 2. The summed E-state index contributed by atoms with van der Waals surface area (Å²) in [6, 6.07) is -0.781. The van der Waals surface area contributed by atoms with E-state index >= 15 is 0 Å². The first-order valence-corrected chi connectivity index (χ1v) is 4.70. The predicted molar refractivity (Wildman–Crippen MR) is 50.8 cm³/mol. The molecular weight excluding hydrogens is 227 g/mol. The number of halogens is 3. The SMILES string of the molecule is C[C@H](COC(F)(F)F)NC(=O)OC(C)(C)C. The minimum Gasteiger partial charge on any atom is -0.444 e. The van der Waals surface area contributed by atoms with Gasteiger partial charge < -0.3 is 10.1 Å². The van der Waals surface area contributed by atoms with Crippen LogP contribution in [0.15, 0.2) is 0 Å². The molecule has 0 aliphatic heterocycles. The molecule has 0 bridgehead atoms. The Balaban J connectivity index is 3.88. The molecule has 0 aliphatic rings. The zero-order valence-electron chi connectivity index (χ0n) is 9.64. The van der Waals surface area contributed by atoms with Crippen LogP contribution in [0.1, 0.15) is 27.7 Å². The molecule has 0 saturated heterocycles. The molecule has 1 amide bonds. The highest BCUT2D eigenvalue weighted by molar-refractivity contribution is 5.68. The molecule has 0 spiro atoms. The van der Waals surface area contributed by atoms with Crippen LogP contribution in [-0.4, -0.2) is 30.7 Å². The minimum absolute atomic E-state index is 0.650. The summed E-state index contributed by atoms with van der Waals surface area (Å²) in [5.41, 5.74) is -0.686. The lowest BCUT2D eigenvalue weighted by atomic mass is 10.2. The molecule has 0 fully saturated rings. The fraction of sp³-hybridized carbons (Fsp3) is 0.889. The normalized spacial score (nSPS) is 14.4. The number of amides is 1. The van der Waals surface area contributed by atoms with Gasteiger partial charge in [0.15, 0.2) is 0 Å². The van der Waals surface area contributed by atoms with Crippen molar-refractivity contribution in [2.45, 2.75) is 45.7 Å². The van der Waals surface area contributed by atoms with Gasteiger partial charge in [0.25, 0.3) is 0 Å². The first-order chi connectivity index (χ1) is 6.99. The average Bonchev–Trinajstić information content (AvgIpc) is 1.95. The van der Waals surface area contributed by atoms with Gasteiger partial charge in [-0.3, -0.25) is 4.74 Å². The van der Waals surface area contributed by atoms with Gasteiger partial charge in [-0.15, -0.1) is 13.2 Å².